The molecule has 0 saturated heterocycles. The number of hydrogen-bond acceptors (Lipinski definition) is 7. The van der Waals surface area contributed by atoms with Crippen molar-refractivity contribution in [3.8, 4) is 0 Å². The van der Waals surface area contributed by atoms with E-state index >= 15 is 0 Å². The monoisotopic (exact) mass is 361 g/mol. The van der Waals surface area contributed by atoms with Gasteiger partial charge in [0.15, 0.2) is 5.13 Å². The molecule has 1 aromatic carbocycles. The van der Waals surface area contributed by atoms with Gasteiger partial charge in [-0.05, 0) is 18.6 Å². The van der Waals surface area contributed by atoms with Crippen molar-refractivity contribution in [2.75, 3.05) is 11.9 Å². The van der Waals surface area contributed by atoms with Crippen molar-refractivity contribution in [1.82, 2.24) is 4.98 Å². The van der Waals surface area contributed by atoms with Crippen molar-refractivity contribution in [2.45, 2.75) is 13.3 Å². The third-order valence-corrected chi connectivity index (χ3v) is 3.73. The number of aromatic nitrogens is 1. The number of ether oxygens (including phenoxy) is 1. The maximum Gasteiger partial charge on any atom is 0.311 e. The van der Waals surface area contributed by atoms with Crippen molar-refractivity contribution in [3.05, 3.63) is 57.1 Å². The Bertz CT molecular complexity index is 816. The number of anilines is 1. The van der Waals surface area contributed by atoms with Gasteiger partial charge in [-0.2, -0.15) is 0 Å². The second-order valence-corrected chi connectivity index (χ2v) is 5.66. The van der Waals surface area contributed by atoms with Gasteiger partial charge in [0.2, 0.25) is 5.91 Å². The zero-order chi connectivity index (χ0) is 18.2. The highest BCUT2D eigenvalue weighted by atomic mass is 32.1. The smallest absolute Gasteiger partial charge is 0.311 e. The Morgan fingerprint density at radius 1 is 1.44 bits per heavy atom. The molecule has 0 unspecified atom stereocenters. The van der Waals surface area contributed by atoms with Crippen LogP contribution in [0.15, 0.2) is 35.7 Å². The van der Waals surface area contributed by atoms with Crippen LogP contribution in [-0.2, 0) is 20.7 Å². The average molecular weight is 361 g/mol. The molecular weight excluding hydrogens is 346 g/mol. The van der Waals surface area contributed by atoms with Crippen molar-refractivity contribution >= 4 is 40.1 Å². The third kappa shape index (κ3) is 5.81. The summed E-state index contributed by atoms with van der Waals surface area (Å²) in [5.41, 5.74) is 0.999. The van der Waals surface area contributed by atoms with Crippen LogP contribution in [0.5, 0.6) is 0 Å². The lowest BCUT2D eigenvalue weighted by Crippen LogP contribution is -2.09. The van der Waals surface area contributed by atoms with Crippen molar-refractivity contribution < 1.29 is 19.2 Å². The van der Waals surface area contributed by atoms with E-state index in [0.717, 1.165) is 0 Å². The molecule has 2 aromatic rings. The molecule has 0 atom stereocenters. The van der Waals surface area contributed by atoms with Gasteiger partial charge in [-0.3, -0.25) is 25.0 Å². The number of nitrogens with zero attached hydrogens (tertiary/aromatic N) is 2. The minimum atomic E-state index is -0.502. The second-order valence-electron chi connectivity index (χ2n) is 4.80. The highest BCUT2D eigenvalue weighted by Crippen LogP contribution is 2.17. The van der Waals surface area contributed by atoms with Crippen molar-refractivity contribution in [2.24, 2.45) is 0 Å². The normalized spacial score (nSPS) is 10.6. The van der Waals surface area contributed by atoms with Crippen LogP contribution in [0.2, 0.25) is 0 Å². The largest absolute Gasteiger partial charge is 0.466 e. The molecule has 1 heterocycles. The van der Waals surface area contributed by atoms with Crippen molar-refractivity contribution in [1.29, 1.82) is 0 Å². The van der Waals surface area contributed by atoms with Crippen molar-refractivity contribution in [3.63, 3.8) is 0 Å². The number of carbonyl (C=O) groups is 2. The first-order valence-corrected chi connectivity index (χ1v) is 8.19. The number of rotatable bonds is 7. The number of hydrogen-bond donors (Lipinski definition) is 1. The fourth-order valence-electron chi connectivity index (χ4n) is 1.87. The second kappa shape index (κ2) is 8.69. The Morgan fingerprint density at radius 3 is 2.96 bits per heavy atom. The molecule has 9 heteroatoms. The summed E-state index contributed by atoms with van der Waals surface area (Å²) < 4.78 is 4.83. The summed E-state index contributed by atoms with van der Waals surface area (Å²) in [4.78, 5) is 37.6. The van der Waals surface area contributed by atoms with Gasteiger partial charge in [0, 0.05) is 23.6 Å². The number of nitro groups is 1. The molecule has 130 valence electrons. The molecule has 25 heavy (non-hydrogen) atoms. The summed E-state index contributed by atoms with van der Waals surface area (Å²) in [7, 11) is 0. The molecule has 0 aliphatic heterocycles. The van der Waals surface area contributed by atoms with Crippen LogP contribution in [0.25, 0.3) is 6.08 Å². The van der Waals surface area contributed by atoms with Crippen LogP contribution in [0.4, 0.5) is 10.8 Å². The van der Waals surface area contributed by atoms with E-state index in [1.54, 1.807) is 18.4 Å². The topological polar surface area (TPSA) is 111 Å². The summed E-state index contributed by atoms with van der Waals surface area (Å²) in [6.07, 6.45) is 2.77. The molecule has 8 nitrogen and oxygen atoms in total. The molecule has 1 aromatic heterocycles. The predicted octanol–water partition coefficient (Wildman–Crippen LogP) is 2.81. The lowest BCUT2D eigenvalue weighted by atomic mass is 10.2. The zero-order valence-corrected chi connectivity index (χ0v) is 14.1. The van der Waals surface area contributed by atoms with Gasteiger partial charge < -0.3 is 4.74 Å². The number of esters is 1. The van der Waals surface area contributed by atoms with E-state index < -0.39 is 10.8 Å². The van der Waals surface area contributed by atoms with E-state index in [-0.39, 0.29) is 18.1 Å². The first-order valence-electron chi connectivity index (χ1n) is 7.31. The van der Waals surface area contributed by atoms with E-state index in [2.05, 4.69) is 10.3 Å². The van der Waals surface area contributed by atoms with Crippen LogP contribution in [-0.4, -0.2) is 28.4 Å². The molecule has 0 spiro atoms. The zero-order valence-electron chi connectivity index (χ0n) is 13.3. The fraction of sp³-hybridized carbons (Fsp3) is 0.188. The maximum atomic E-state index is 11.9. The van der Waals surface area contributed by atoms with Gasteiger partial charge in [0.05, 0.1) is 23.6 Å². The molecule has 1 amide bonds. The number of thiazole rings is 1. The number of carbonyl (C=O) groups excluding carboxylic acids is 2. The Labute approximate surface area is 147 Å². The predicted molar refractivity (Wildman–Crippen MR) is 93.2 cm³/mol. The first-order chi connectivity index (χ1) is 12.0. The summed E-state index contributed by atoms with van der Waals surface area (Å²) in [5.74, 6) is -0.806. The van der Waals surface area contributed by atoms with E-state index in [0.29, 0.717) is 23.0 Å². The Balaban J connectivity index is 1.94. The number of nitro benzene ring substituents is 1. The van der Waals surface area contributed by atoms with Gasteiger partial charge in [0.1, 0.15) is 0 Å². The number of amides is 1. The highest BCUT2D eigenvalue weighted by molar-refractivity contribution is 7.14. The number of non-ortho nitro benzene ring substituents is 1. The van der Waals surface area contributed by atoms with Crippen LogP contribution in [0, 0.1) is 10.1 Å². The first kappa shape index (κ1) is 18.3. The third-order valence-electron chi connectivity index (χ3n) is 2.92. The molecule has 0 fully saturated rings. The van der Waals surface area contributed by atoms with Gasteiger partial charge in [-0.15, -0.1) is 11.3 Å². The Kier molecular flexibility index (Phi) is 6.35. The number of benzene rings is 1. The minimum Gasteiger partial charge on any atom is -0.466 e. The van der Waals surface area contributed by atoms with E-state index in [9.17, 15) is 19.7 Å². The molecule has 0 radical (unpaired) electrons. The Hall–Kier alpha value is -3.07. The van der Waals surface area contributed by atoms with Gasteiger partial charge in [0.25, 0.3) is 5.69 Å². The van der Waals surface area contributed by atoms with Gasteiger partial charge >= 0.3 is 5.97 Å². The van der Waals surface area contributed by atoms with Gasteiger partial charge in [-0.1, -0.05) is 12.1 Å². The molecule has 0 aliphatic carbocycles. The van der Waals surface area contributed by atoms with Crippen LogP contribution < -0.4 is 5.32 Å². The molecule has 0 aliphatic rings. The summed E-state index contributed by atoms with van der Waals surface area (Å²) in [6.45, 7) is 2.02. The lowest BCUT2D eigenvalue weighted by molar-refractivity contribution is -0.384. The lowest BCUT2D eigenvalue weighted by Gasteiger charge is -1.98. The maximum absolute atomic E-state index is 11.9. The van der Waals surface area contributed by atoms with Crippen LogP contribution in [0.1, 0.15) is 18.2 Å². The van der Waals surface area contributed by atoms with Crippen LogP contribution in [0.3, 0.4) is 0 Å². The Morgan fingerprint density at radius 2 is 2.24 bits per heavy atom. The van der Waals surface area contributed by atoms with E-state index in [4.69, 9.17) is 4.74 Å². The summed E-state index contributed by atoms with van der Waals surface area (Å²) in [6, 6.07) is 5.93. The van der Waals surface area contributed by atoms with Crippen LogP contribution >= 0.6 is 11.3 Å². The quantitative estimate of drug-likeness (QED) is 0.351. The fourth-order valence-corrected chi connectivity index (χ4v) is 2.58. The SMILES string of the molecule is CCOC(=O)Cc1csc(NC(=O)/C=C/c2cccc([N+](=O)[O-])c2)n1. The van der Waals surface area contributed by atoms with E-state index in [1.807, 2.05) is 0 Å². The van der Waals surface area contributed by atoms with E-state index in [1.165, 1.54) is 41.7 Å². The molecule has 0 bridgehead atoms. The molecular formula is C16H15N3O5S. The average Bonchev–Trinajstić information content (AvgIpc) is 3.00. The number of nitrogens with one attached hydrogen (secondary N) is 1. The molecule has 2 rings (SSSR count). The standard InChI is InChI=1S/C16H15N3O5S/c1-2-24-15(21)9-12-10-25-16(17-12)18-14(20)7-6-11-4-3-5-13(8-11)19(22)23/h3-8,10H,2,9H2,1H3,(H,17,18,20)/b7-6+. The van der Waals surface area contributed by atoms with Gasteiger partial charge in [-0.25, -0.2) is 4.98 Å². The summed E-state index contributed by atoms with van der Waals surface area (Å²) >= 11 is 1.19. The molecule has 0 saturated carbocycles. The molecule has 1 N–H and O–H groups in total. The minimum absolute atomic E-state index is 0.0454. The summed E-state index contributed by atoms with van der Waals surface area (Å²) in [5, 5.41) is 15.3. The highest BCUT2D eigenvalue weighted by Gasteiger charge is 2.09.